The van der Waals surface area contributed by atoms with Gasteiger partial charge in [-0.3, -0.25) is 9.69 Å². The highest BCUT2D eigenvalue weighted by Gasteiger charge is 2.30. The first kappa shape index (κ1) is 19.9. The van der Waals surface area contributed by atoms with E-state index in [-0.39, 0.29) is 18.1 Å². The molecule has 8 heteroatoms. The van der Waals surface area contributed by atoms with E-state index >= 15 is 0 Å². The van der Waals surface area contributed by atoms with E-state index in [2.05, 4.69) is 6.07 Å². The summed E-state index contributed by atoms with van der Waals surface area (Å²) in [5.41, 5.74) is 3.95. The van der Waals surface area contributed by atoms with Gasteiger partial charge in [0.2, 0.25) is 5.91 Å². The number of aromatic nitrogens is 1. The maximum absolute atomic E-state index is 13.4. The van der Waals surface area contributed by atoms with Crippen LogP contribution in [0.15, 0.2) is 48.7 Å². The average molecular weight is 423 g/mol. The van der Waals surface area contributed by atoms with E-state index in [9.17, 15) is 22.9 Å². The molecule has 2 aromatic carbocycles. The van der Waals surface area contributed by atoms with Crippen LogP contribution in [-0.4, -0.2) is 25.1 Å². The summed E-state index contributed by atoms with van der Waals surface area (Å²) in [6, 6.07) is 12.8. The maximum atomic E-state index is 13.4. The molecule has 30 heavy (non-hydrogen) atoms. The van der Waals surface area contributed by atoms with Gasteiger partial charge in [-0.05, 0) is 42.0 Å². The molecule has 1 aliphatic rings. The molecule has 4 rings (SSSR count). The zero-order chi connectivity index (χ0) is 21.6. The molecule has 0 bridgehead atoms. The van der Waals surface area contributed by atoms with Crippen LogP contribution < -0.4 is 4.90 Å². The highest BCUT2D eigenvalue weighted by molar-refractivity contribution is 7.89. The maximum Gasteiger partial charge on any atom is 0.236 e. The molecular weight excluding hydrogens is 405 g/mol. The molecule has 0 saturated carbocycles. The van der Waals surface area contributed by atoms with Gasteiger partial charge >= 0.3 is 0 Å². The zero-order valence-electron chi connectivity index (χ0n) is 16.4. The monoisotopic (exact) mass is 423 g/mol. The standard InChI is InChI=1S/C22H18FN3O3S/c1-25-12-19-17-9-14(13-30(2,28)29)3-8-20(17)26(16-6-4-15(23)5-7-16)22(27)10-18(19)21(25)11-24/h3-9,12H,10,13H2,1-2H3. The van der Waals surface area contributed by atoms with Crippen LogP contribution in [0.2, 0.25) is 0 Å². The first-order chi connectivity index (χ1) is 14.2. The Kier molecular flexibility index (Phi) is 4.71. The van der Waals surface area contributed by atoms with Crippen LogP contribution in [0.3, 0.4) is 0 Å². The van der Waals surface area contributed by atoms with Crippen molar-refractivity contribution in [3.8, 4) is 17.2 Å². The molecule has 0 unspecified atom stereocenters. The van der Waals surface area contributed by atoms with E-state index < -0.39 is 15.7 Å². The molecule has 0 N–H and O–H groups in total. The minimum atomic E-state index is -3.26. The Morgan fingerprint density at radius 1 is 1.13 bits per heavy atom. The van der Waals surface area contributed by atoms with Crippen molar-refractivity contribution in [2.45, 2.75) is 12.2 Å². The number of aryl methyl sites for hydroxylation is 1. The van der Waals surface area contributed by atoms with Gasteiger partial charge in [-0.1, -0.05) is 6.07 Å². The number of hydrogen-bond acceptors (Lipinski definition) is 4. The number of carbonyl (C=O) groups excluding carboxylic acids is 1. The smallest absolute Gasteiger partial charge is 0.236 e. The molecule has 152 valence electrons. The SMILES string of the molecule is Cn1cc2c(c1C#N)CC(=O)N(c1ccc(F)cc1)c1ccc(CS(C)(=O)=O)cc1-2. The summed E-state index contributed by atoms with van der Waals surface area (Å²) in [4.78, 5) is 14.7. The van der Waals surface area contributed by atoms with Crippen molar-refractivity contribution in [3.05, 3.63) is 71.3 Å². The molecule has 1 aromatic heterocycles. The van der Waals surface area contributed by atoms with Gasteiger partial charge in [0.1, 0.15) is 17.6 Å². The van der Waals surface area contributed by atoms with Gasteiger partial charge in [-0.25, -0.2) is 12.8 Å². The molecule has 0 atom stereocenters. The number of benzene rings is 2. The lowest BCUT2D eigenvalue weighted by molar-refractivity contribution is -0.117. The summed E-state index contributed by atoms with van der Waals surface area (Å²) < 4.78 is 38.7. The van der Waals surface area contributed by atoms with Crippen molar-refractivity contribution in [1.29, 1.82) is 5.26 Å². The van der Waals surface area contributed by atoms with Crippen LogP contribution in [0, 0.1) is 17.1 Å². The number of sulfone groups is 1. The Morgan fingerprint density at radius 3 is 2.47 bits per heavy atom. The Bertz CT molecular complexity index is 1320. The largest absolute Gasteiger partial charge is 0.342 e. The number of carbonyl (C=O) groups is 1. The van der Waals surface area contributed by atoms with Crippen LogP contribution in [0.1, 0.15) is 16.8 Å². The van der Waals surface area contributed by atoms with E-state index in [4.69, 9.17) is 0 Å². The van der Waals surface area contributed by atoms with E-state index in [0.29, 0.717) is 39.3 Å². The van der Waals surface area contributed by atoms with Crippen molar-refractivity contribution >= 4 is 27.1 Å². The van der Waals surface area contributed by atoms with Gasteiger partial charge in [0, 0.05) is 41.9 Å². The molecule has 1 amide bonds. The van der Waals surface area contributed by atoms with Gasteiger partial charge in [0.05, 0.1) is 17.9 Å². The van der Waals surface area contributed by atoms with Gasteiger partial charge in [0.25, 0.3) is 0 Å². The van der Waals surface area contributed by atoms with E-state index in [1.54, 1.807) is 36.0 Å². The predicted molar refractivity (Wildman–Crippen MR) is 111 cm³/mol. The van der Waals surface area contributed by atoms with Crippen LogP contribution in [0.25, 0.3) is 11.1 Å². The highest BCUT2D eigenvalue weighted by atomic mass is 32.2. The van der Waals surface area contributed by atoms with Gasteiger partial charge in [-0.15, -0.1) is 0 Å². The highest BCUT2D eigenvalue weighted by Crippen LogP contribution is 2.42. The van der Waals surface area contributed by atoms with Crippen LogP contribution in [-0.2, 0) is 33.9 Å². The fourth-order valence-corrected chi connectivity index (χ4v) is 4.64. The van der Waals surface area contributed by atoms with Gasteiger partial charge in [0.15, 0.2) is 9.84 Å². The first-order valence-electron chi connectivity index (χ1n) is 9.16. The molecule has 2 heterocycles. The molecular formula is C22H18FN3O3S. The minimum absolute atomic E-state index is 0.00741. The molecule has 0 saturated heterocycles. The Balaban J connectivity index is 1.99. The van der Waals surface area contributed by atoms with E-state index in [1.165, 1.54) is 29.2 Å². The van der Waals surface area contributed by atoms with E-state index in [0.717, 1.165) is 6.26 Å². The van der Waals surface area contributed by atoms with Crippen LogP contribution in [0.4, 0.5) is 15.8 Å². The van der Waals surface area contributed by atoms with Crippen LogP contribution >= 0.6 is 0 Å². The topological polar surface area (TPSA) is 83.2 Å². The fourth-order valence-electron chi connectivity index (χ4n) is 3.86. The summed E-state index contributed by atoms with van der Waals surface area (Å²) in [6.07, 6.45) is 2.93. The zero-order valence-corrected chi connectivity index (χ0v) is 17.2. The summed E-state index contributed by atoms with van der Waals surface area (Å²) in [5, 5.41) is 9.59. The number of nitriles is 1. The van der Waals surface area contributed by atoms with Crippen molar-refractivity contribution in [3.63, 3.8) is 0 Å². The number of hydrogen-bond donors (Lipinski definition) is 0. The normalized spacial score (nSPS) is 13.4. The second kappa shape index (κ2) is 7.11. The lowest BCUT2D eigenvalue weighted by atomic mass is 9.99. The van der Waals surface area contributed by atoms with Crippen molar-refractivity contribution < 1.29 is 17.6 Å². The molecule has 1 aliphatic heterocycles. The lowest BCUT2D eigenvalue weighted by Crippen LogP contribution is -2.27. The van der Waals surface area contributed by atoms with Crippen molar-refractivity contribution in [1.82, 2.24) is 4.57 Å². The van der Waals surface area contributed by atoms with Crippen molar-refractivity contribution in [2.24, 2.45) is 7.05 Å². The number of fused-ring (bicyclic) bond motifs is 3. The number of nitrogens with zero attached hydrogens (tertiary/aromatic N) is 3. The number of anilines is 2. The molecule has 0 spiro atoms. The molecule has 3 aromatic rings. The average Bonchev–Trinajstić information content (AvgIpc) is 2.92. The molecule has 0 aliphatic carbocycles. The third kappa shape index (κ3) is 3.48. The summed E-state index contributed by atoms with van der Waals surface area (Å²) in [6.45, 7) is 0. The second-order valence-corrected chi connectivity index (χ2v) is 9.54. The number of amides is 1. The van der Waals surface area contributed by atoms with Crippen LogP contribution in [0.5, 0.6) is 0 Å². The van der Waals surface area contributed by atoms with E-state index in [1.807, 2.05) is 0 Å². The molecule has 0 radical (unpaired) electrons. The third-order valence-corrected chi connectivity index (χ3v) is 5.93. The lowest BCUT2D eigenvalue weighted by Gasteiger charge is -2.24. The molecule has 0 fully saturated rings. The molecule has 6 nitrogen and oxygen atoms in total. The Morgan fingerprint density at radius 2 is 1.83 bits per heavy atom. The summed E-state index contributed by atoms with van der Waals surface area (Å²) in [7, 11) is -1.53. The fraction of sp³-hybridized carbons (Fsp3) is 0.182. The van der Waals surface area contributed by atoms with Gasteiger partial charge < -0.3 is 4.57 Å². The Hall–Kier alpha value is -3.44. The second-order valence-electron chi connectivity index (χ2n) is 7.40. The Labute approximate surface area is 173 Å². The first-order valence-corrected chi connectivity index (χ1v) is 11.2. The van der Waals surface area contributed by atoms with Gasteiger partial charge in [-0.2, -0.15) is 5.26 Å². The summed E-state index contributed by atoms with van der Waals surface area (Å²) in [5.74, 6) is -0.821. The number of halogens is 1. The quantitative estimate of drug-likeness (QED) is 0.646. The number of rotatable bonds is 3. The third-order valence-electron chi connectivity index (χ3n) is 5.08. The predicted octanol–water partition coefficient (Wildman–Crippen LogP) is 3.47. The van der Waals surface area contributed by atoms with Crippen molar-refractivity contribution in [2.75, 3.05) is 11.2 Å². The summed E-state index contributed by atoms with van der Waals surface area (Å²) >= 11 is 0. The minimum Gasteiger partial charge on any atom is -0.342 e.